The highest BCUT2D eigenvalue weighted by Gasteiger charge is 2.07. The Labute approximate surface area is 117 Å². The smallest absolute Gasteiger partial charge is 0.122 e. The fraction of sp³-hybridized carbons (Fsp3) is 0.188. The quantitative estimate of drug-likeness (QED) is 0.874. The van der Waals surface area contributed by atoms with Crippen molar-refractivity contribution in [2.45, 2.75) is 6.10 Å². The highest BCUT2D eigenvalue weighted by atomic mass is 16.5. The summed E-state index contributed by atoms with van der Waals surface area (Å²) in [5.74, 6) is 1.26. The van der Waals surface area contributed by atoms with Gasteiger partial charge in [-0.3, -0.25) is 0 Å². The Morgan fingerprint density at radius 1 is 0.950 bits per heavy atom. The minimum atomic E-state index is -0.735. The number of para-hydroxylation sites is 1. The Balaban J connectivity index is 1.77. The minimum Gasteiger partial charge on any atom is -0.491 e. The molecule has 2 aromatic rings. The lowest BCUT2D eigenvalue weighted by Gasteiger charge is -2.13. The topological polar surface area (TPSA) is 62.5 Å². The molecule has 0 fully saturated rings. The first-order valence-electron chi connectivity index (χ1n) is 6.27. The van der Waals surface area contributed by atoms with Crippen LogP contribution >= 0.6 is 0 Å². The van der Waals surface area contributed by atoms with Crippen molar-refractivity contribution in [2.75, 3.05) is 13.2 Å². The van der Waals surface area contributed by atoms with Gasteiger partial charge in [-0.15, -0.1) is 0 Å². The Hall–Kier alpha value is -2.51. The predicted octanol–water partition coefficient (Wildman–Crippen LogP) is 2.38. The summed E-state index contributed by atoms with van der Waals surface area (Å²) in [6.07, 6.45) is -0.735. The molecule has 0 spiro atoms. The lowest BCUT2D eigenvalue weighted by molar-refractivity contribution is 0.0626. The van der Waals surface area contributed by atoms with Gasteiger partial charge in [-0.1, -0.05) is 24.3 Å². The highest BCUT2D eigenvalue weighted by Crippen LogP contribution is 2.13. The number of nitrogens with zero attached hydrogens (tertiary/aromatic N) is 1. The van der Waals surface area contributed by atoms with E-state index in [4.69, 9.17) is 14.7 Å². The summed E-state index contributed by atoms with van der Waals surface area (Å²) in [6, 6.07) is 18.1. The van der Waals surface area contributed by atoms with E-state index in [0.29, 0.717) is 17.1 Å². The zero-order valence-corrected chi connectivity index (χ0v) is 10.9. The van der Waals surface area contributed by atoms with Gasteiger partial charge in [-0.2, -0.15) is 5.26 Å². The summed E-state index contributed by atoms with van der Waals surface area (Å²) in [5, 5.41) is 18.6. The molecule has 1 N–H and O–H groups in total. The molecule has 4 nitrogen and oxygen atoms in total. The van der Waals surface area contributed by atoms with Gasteiger partial charge in [0.15, 0.2) is 0 Å². The van der Waals surface area contributed by atoms with E-state index in [2.05, 4.69) is 0 Å². The molecule has 0 aliphatic carbocycles. The molecule has 2 rings (SSSR count). The van der Waals surface area contributed by atoms with Crippen LogP contribution in [0.1, 0.15) is 5.56 Å². The summed E-state index contributed by atoms with van der Waals surface area (Å²) in [4.78, 5) is 0. The molecular formula is C16H15NO3. The summed E-state index contributed by atoms with van der Waals surface area (Å²) in [5.41, 5.74) is 0.525. The van der Waals surface area contributed by atoms with E-state index in [-0.39, 0.29) is 13.2 Å². The second kappa shape index (κ2) is 7.17. The van der Waals surface area contributed by atoms with E-state index in [1.807, 2.05) is 36.4 Å². The number of hydrogen-bond acceptors (Lipinski definition) is 4. The normalized spacial score (nSPS) is 11.4. The monoisotopic (exact) mass is 269 g/mol. The first kappa shape index (κ1) is 13.9. The summed E-state index contributed by atoms with van der Waals surface area (Å²) in [6.45, 7) is 0.268. The van der Waals surface area contributed by atoms with Crippen molar-refractivity contribution >= 4 is 0 Å². The third kappa shape index (κ3) is 4.30. The van der Waals surface area contributed by atoms with E-state index in [9.17, 15) is 5.11 Å². The largest absolute Gasteiger partial charge is 0.491 e. The molecule has 2 aromatic carbocycles. The number of nitriles is 1. The zero-order valence-electron chi connectivity index (χ0n) is 10.9. The van der Waals surface area contributed by atoms with Crippen LogP contribution in [0, 0.1) is 11.3 Å². The van der Waals surface area contributed by atoms with Crippen LogP contribution in [0.25, 0.3) is 0 Å². The van der Waals surface area contributed by atoms with Crippen LogP contribution in [0.4, 0.5) is 0 Å². The van der Waals surface area contributed by atoms with Crippen LogP contribution in [-0.2, 0) is 0 Å². The van der Waals surface area contributed by atoms with Crippen LogP contribution in [0.5, 0.6) is 11.5 Å². The van der Waals surface area contributed by atoms with Crippen LogP contribution in [0.2, 0.25) is 0 Å². The molecular weight excluding hydrogens is 254 g/mol. The van der Waals surface area contributed by atoms with Crippen LogP contribution < -0.4 is 9.47 Å². The number of rotatable bonds is 6. The van der Waals surface area contributed by atoms with Gasteiger partial charge < -0.3 is 14.6 Å². The fourth-order valence-corrected chi connectivity index (χ4v) is 1.61. The number of ether oxygens (including phenoxy) is 2. The first-order valence-corrected chi connectivity index (χ1v) is 6.27. The Kier molecular flexibility index (Phi) is 4.99. The number of benzene rings is 2. The third-order valence-electron chi connectivity index (χ3n) is 2.59. The Morgan fingerprint density at radius 2 is 1.60 bits per heavy atom. The molecule has 0 amide bonds. The predicted molar refractivity (Wildman–Crippen MR) is 74.6 cm³/mol. The molecule has 0 bridgehead atoms. The van der Waals surface area contributed by atoms with E-state index in [0.717, 1.165) is 0 Å². The van der Waals surface area contributed by atoms with E-state index in [1.165, 1.54) is 0 Å². The van der Waals surface area contributed by atoms with E-state index in [1.54, 1.807) is 24.3 Å². The second-order valence-electron chi connectivity index (χ2n) is 4.23. The van der Waals surface area contributed by atoms with Crippen LogP contribution in [0.3, 0.4) is 0 Å². The molecule has 0 aliphatic heterocycles. The lowest BCUT2D eigenvalue weighted by atomic mass is 10.2. The van der Waals surface area contributed by atoms with Gasteiger partial charge in [0, 0.05) is 0 Å². The Bertz CT molecular complexity index is 578. The van der Waals surface area contributed by atoms with Crippen molar-refractivity contribution in [2.24, 2.45) is 0 Å². The van der Waals surface area contributed by atoms with Gasteiger partial charge in [-0.25, -0.2) is 0 Å². The second-order valence-corrected chi connectivity index (χ2v) is 4.23. The van der Waals surface area contributed by atoms with Crippen molar-refractivity contribution in [3.63, 3.8) is 0 Å². The number of aliphatic hydroxyl groups excluding tert-OH is 1. The molecule has 4 heteroatoms. The van der Waals surface area contributed by atoms with Crippen molar-refractivity contribution < 1.29 is 14.6 Å². The Morgan fingerprint density at radius 3 is 2.30 bits per heavy atom. The average molecular weight is 269 g/mol. The zero-order chi connectivity index (χ0) is 14.2. The maximum Gasteiger partial charge on any atom is 0.122 e. The SMILES string of the molecule is N#Cc1cccc(OCC(O)COc2ccccc2)c1. The van der Waals surface area contributed by atoms with Gasteiger partial charge in [-0.05, 0) is 30.3 Å². The number of hydrogen-bond donors (Lipinski definition) is 1. The van der Waals surface area contributed by atoms with Crippen molar-refractivity contribution in [1.29, 1.82) is 5.26 Å². The van der Waals surface area contributed by atoms with Gasteiger partial charge >= 0.3 is 0 Å². The molecule has 102 valence electrons. The average Bonchev–Trinajstić information content (AvgIpc) is 2.52. The molecule has 0 saturated heterocycles. The third-order valence-corrected chi connectivity index (χ3v) is 2.59. The van der Waals surface area contributed by atoms with Gasteiger partial charge in [0.25, 0.3) is 0 Å². The molecule has 20 heavy (non-hydrogen) atoms. The van der Waals surface area contributed by atoms with Crippen molar-refractivity contribution in [1.82, 2.24) is 0 Å². The first-order chi connectivity index (χ1) is 9.78. The molecule has 0 radical (unpaired) electrons. The summed E-state index contributed by atoms with van der Waals surface area (Å²) < 4.78 is 10.8. The summed E-state index contributed by atoms with van der Waals surface area (Å²) >= 11 is 0. The maximum atomic E-state index is 9.78. The van der Waals surface area contributed by atoms with E-state index >= 15 is 0 Å². The van der Waals surface area contributed by atoms with Crippen molar-refractivity contribution in [3.8, 4) is 17.6 Å². The van der Waals surface area contributed by atoms with Gasteiger partial charge in [0.05, 0.1) is 11.6 Å². The molecule has 0 heterocycles. The summed E-state index contributed by atoms with van der Waals surface area (Å²) in [7, 11) is 0. The lowest BCUT2D eigenvalue weighted by Crippen LogP contribution is -2.25. The minimum absolute atomic E-state index is 0.113. The standard InChI is InChI=1S/C16H15NO3/c17-10-13-5-4-8-16(9-13)20-12-14(18)11-19-15-6-2-1-3-7-15/h1-9,14,18H,11-12H2. The maximum absolute atomic E-state index is 9.78. The van der Waals surface area contributed by atoms with Crippen LogP contribution in [-0.4, -0.2) is 24.4 Å². The molecule has 0 saturated carbocycles. The highest BCUT2D eigenvalue weighted by molar-refractivity contribution is 5.36. The molecule has 0 aromatic heterocycles. The van der Waals surface area contributed by atoms with Gasteiger partial charge in [0.2, 0.25) is 0 Å². The van der Waals surface area contributed by atoms with E-state index < -0.39 is 6.10 Å². The molecule has 1 atom stereocenters. The van der Waals surface area contributed by atoms with Gasteiger partial charge in [0.1, 0.15) is 30.8 Å². The number of aliphatic hydroxyl groups is 1. The fourth-order valence-electron chi connectivity index (χ4n) is 1.61. The molecule has 0 aliphatic rings. The van der Waals surface area contributed by atoms with Crippen LogP contribution in [0.15, 0.2) is 54.6 Å². The van der Waals surface area contributed by atoms with Crippen molar-refractivity contribution in [3.05, 3.63) is 60.2 Å². The molecule has 1 unspecified atom stereocenters.